The molecule has 0 aromatic carbocycles. The van der Waals surface area contributed by atoms with Crippen LogP contribution in [0.25, 0.3) is 0 Å². The summed E-state index contributed by atoms with van der Waals surface area (Å²) in [5.74, 6) is 2.46. The summed E-state index contributed by atoms with van der Waals surface area (Å²) in [4.78, 5) is 11.1. The molecule has 1 saturated heterocycles. The third-order valence-corrected chi connectivity index (χ3v) is 4.44. The highest BCUT2D eigenvalue weighted by Gasteiger charge is 2.17. The maximum Gasteiger partial charge on any atom is 0.191 e. The first-order valence-electron chi connectivity index (χ1n) is 9.92. The van der Waals surface area contributed by atoms with Crippen molar-refractivity contribution in [1.29, 1.82) is 0 Å². The van der Waals surface area contributed by atoms with E-state index in [2.05, 4.69) is 58.4 Å². The highest BCUT2D eigenvalue weighted by Crippen LogP contribution is 2.15. The van der Waals surface area contributed by atoms with Gasteiger partial charge in [0.15, 0.2) is 5.96 Å². The molecule has 7 nitrogen and oxygen atoms in total. The molecule has 0 bridgehead atoms. The molecule has 1 atom stereocenters. The van der Waals surface area contributed by atoms with E-state index >= 15 is 0 Å². The summed E-state index contributed by atoms with van der Waals surface area (Å²) in [6, 6.07) is 4.19. The van der Waals surface area contributed by atoms with Gasteiger partial charge in [-0.1, -0.05) is 19.9 Å². The topological polar surface area (TPSA) is 71.0 Å². The van der Waals surface area contributed by atoms with Crippen LogP contribution in [0.1, 0.15) is 32.8 Å². The Balaban J connectivity index is 0.00000392. The van der Waals surface area contributed by atoms with E-state index in [1.165, 1.54) is 0 Å². The van der Waals surface area contributed by atoms with E-state index in [-0.39, 0.29) is 30.1 Å². The number of hydrogen-bond donors (Lipinski definition) is 2. The van der Waals surface area contributed by atoms with Gasteiger partial charge in [0, 0.05) is 46.0 Å². The number of ether oxygens (including phenoxy) is 2. The van der Waals surface area contributed by atoms with Crippen LogP contribution in [0.5, 0.6) is 0 Å². The summed E-state index contributed by atoms with van der Waals surface area (Å²) >= 11 is 0. The van der Waals surface area contributed by atoms with Crippen LogP contribution in [0.4, 0.5) is 5.82 Å². The van der Waals surface area contributed by atoms with E-state index in [0.29, 0.717) is 19.1 Å². The number of hydrogen-bond acceptors (Lipinski definition) is 5. The van der Waals surface area contributed by atoms with E-state index in [9.17, 15) is 0 Å². The fraction of sp³-hybridized carbons (Fsp3) is 0.700. The SMILES string of the molecule is CN=C(NCCOCCC(C)C)NCc1ccc(N2CCOC(C)C2)nc1.I. The zero-order valence-corrected chi connectivity index (χ0v) is 19.9. The van der Waals surface area contributed by atoms with Crippen LogP contribution in [-0.4, -0.2) is 63.6 Å². The van der Waals surface area contributed by atoms with Gasteiger partial charge < -0.3 is 25.0 Å². The molecular formula is C20H36IN5O2. The highest BCUT2D eigenvalue weighted by molar-refractivity contribution is 14.0. The number of nitrogens with zero attached hydrogens (tertiary/aromatic N) is 3. The lowest BCUT2D eigenvalue weighted by Gasteiger charge is -2.32. The van der Waals surface area contributed by atoms with Gasteiger partial charge in [-0.3, -0.25) is 4.99 Å². The lowest BCUT2D eigenvalue weighted by molar-refractivity contribution is 0.0529. The van der Waals surface area contributed by atoms with E-state index in [1.54, 1.807) is 7.05 Å². The predicted molar refractivity (Wildman–Crippen MR) is 126 cm³/mol. The second-order valence-corrected chi connectivity index (χ2v) is 7.30. The first kappa shape index (κ1) is 24.9. The summed E-state index contributed by atoms with van der Waals surface area (Å²) in [5.41, 5.74) is 1.12. The molecule has 2 N–H and O–H groups in total. The van der Waals surface area contributed by atoms with Crippen LogP contribution in [0.2, 0.25) is 0 Å². The van der Waals surface area contributed by atoms with Crippen LogP contribution >= 0.6 is 24.0 Å². The first-order valence-corrected chi connectivity index (χ1v) is 9.92. The Kier molecular flexibility index (Phi) is 12.4. The van der Waals surface area contributed by atoms with Gasteiger partial charge >= 0.3 is 0 Å². The molecule has 160 valence electrons. The van der Waals surface area contributed by atoms with Gasteiger partial charge in [0.1, 0.15) is 5.82 Å². The fourth-order valence-electron chi connectivity index (χ4n) is 2.80. The maximum atomic E-state index is 5.61. The van der Waals surface area contributed by atoms with Crippen molar-refractivity contribution in [3.63, 3.8) is 0 Å². The van der Waals surface area contributed by atoms with Crippen LogP contribution in [0, 0.1) is 5.92 Å². The number of nitrogens with one attached hydrogen (secondary N) is 2. The van der Waals surface area contributed by atoms with Gasteiger partial charge in [0.25, 0.3) is 0 Å². The van der Waals surface area contributed by atoms with Crippen LogP contribution in [-0.2, 0) is 16.0 Å². The predicted octanol–water partition coefficient (Wildman–Crippen LogP) is 2.65. The van der Waals surface area contributed by atoms with Crippen molar-refractivity contribution in [2.45, 2.75) is 39.8 Å². The average molecular weight is 505 g/mol. The van der Waals surface area contributed by atoms with Crippen LogP contribution in [0.15, 0.2) is 23.3 Å². The van der Waals surface area contributed by atoms with Crippen molar-refractivity contribution in [3.8, 4) is 0 Å². The molecule has 0 saturated carbocycles. The molecule has 1 aromatic rings. The lowest BCUT2D eigenvalue weighted by atomic mass is 10.1. The molecule has 0 spiro atoms. The van der Waals surface area contributed by atoms with E-state index in [1.807, 2.05) is 6.20 Å². The Morgan fingerprint density at radius 1 is 1.36 bits per heavy atom. The van der Waals surface area contributed by atoms with Gasteiger partial charge in [-0.2, -0.15) is 0 Å². The zero-order chi connectivity index (χ0) is 19.5. The Hall–Kier alpha value is -1.13. The molecule has 0 aliphatic carbocycles. The zero-order valence-electron chi connectivity index (χ0n) is 17.6. The summed E-state index contributed by atoms with van der Waals surface area (Å²) in [7, 11) is 1.77. The molecule has 1 aliphatic heterocycles. The molecule has 0 radical (unpaired) electrons. The van der Waals surface area contributed by atoms with Gasteiger partial charge in [-0.15, -0.1) is 24.0 Å². The molecular weight excluding hydrogens is 469 g/mol. The van der Waals surface area contributed by atoms with Crippen LogP contribution in [0.3, 0.4) is 0 Å². The van der Waals surface area contributed by atoms with Crippen molar-refractivity contribution in [2.75, 3.05) is 51.4 Å². The summed E-state index contributed by atoms with van der Waals surface area (Å²) in [6.07, 6.45) is 3.27. The molecule has 1 aromatic heterocycles. The third-order valence-electron chi connectivity index (χ3n) is 4.44. The number of halogens is 1. The maximum absolute atomic E-state index is 5.61. The summed E-state index contributed by atoms with van der Waals surface area (Å²) < 4.78 is 11.2. The minimum absolute atomic E-state index is 0. The highest BCUT2D eigenvalue weighted by atomic mass is 127. The minimum atomic E-state index is 0. The fourth-order valence-corrected chi connectivity index (χ4v) is 2.80. The summed E-state index contributed by atoms with van der Waals surface area (Å²) in [6.45, 7) is 12.0. The number of guanidine groups is 1. The Bertz CT molecular complexity index is 568. The second-order valence-electron chi connectivity index (χ2n) is 7.30. The van der Waals surface area contributed by atoms with Gasteiger partial charge in [0.2, 0.25) is 0 Å². The molecule has 0 amide bonds. The third kappa shape index (κ3) is 9.38. The average Bonchev–Trinajstić information content (AvgIpc) is 2.67. The van der Waals surface area contributed by atoms with Crippen molar-refractivity contribution >= 4 is 35.8 Å². The normalized spacial score (nSPS) is 17.4. The van der Waals surface area contributed by atoms with E-state index < -0.39 is 0 Å². The molecule has 2 rings (SSSR count). The van der Waals surface area contributed by atoms with Crippen LogP contribution < -0.4 is 15.5 Å². The van der Waals surface area contributed by atoms with E-state index in [4.69, 9.17) is 9.47 Å². The minimum Gasteiger partial charge on any atom is -0.380 e. The number of aromatic nitrogens is 1. The lowest BCUT2D eigenvalue weighted by Crippen LogP contribution is -2.41. The molecule has 28 heavy (non-hydrogen) atoms. The van der Waals surface area contributed by atoms with Crippen molar-refractivity contribution < 1.29 is 9.47 Å². The molecule has 2 heterocycles. The monoisotopic (exact) mass is 505 g/mol. The van der Waals surface area contributed by atoms with Crippen molar-refractivity contribution in [1.82, 2.24) is 15.6 Å². The largest absolute Gasteiger partial charge is 0.380 e. The smallest absolute Gasteiger partial charge is 0.191 e. The number of morpholine rings is 1. The van der Waals surface area contributed by atoms with E-state index in [0.717, 1.165) is 56.6 Å². The van der Waals surface area contributed by atoms with Gasteiger partial charge in [-0.05, 0) is 30.9 Å². The van der Waals surface area contributed by atoms with Crippen molar-refractivity contribution in [2.24, 2.45) is 10.9 Å². The van der Waals surface area contributed by atoms with Crippen molar-refractivity contribution in [3.05, 3.63) is 23.9 Å². The number of pyridine rings is 1. The molecule has 1 fully saturated rings. The molecule has 1 aliphatic rings. The van der Waals surface area contributed by atoms with Gasteiger partial charge in [0.05, 0.1) is 19.3 Å². The number of anilines is 1. The first-order chi connectivity index (χ1) is 13.1. The molecule has 1 unspecified atom stereocenters. The Morgan fingerprint density at radius 2 is 2.18 bits per heavy atom. The molecule has 8 heteroatoms. The number of rotatable bonds is 9. The Labute approximate surface area is 186 Å². The quantitative estimate of drug-likeness (QED) is 0.233. The number of aliphatic imine (C=N–C) groups is 1. The second kappa shape index (κ2) is 13.9. The van der Waals surface area contributed by atoms with Gasteiger partial charge in [-0.25, -0.2) is 4.98 Å². The Morgan fingerprint density at radius 3 is 2.82 bits per heavy atom. The standard InChI is InChI=1S/C20H35N5O2.HI/c1-16(2)7-10-26-11-8-22-20(21-4)24-14-18-5-6-19(23-13-18)25-9-12-27-17(3)15-25;/h5-6,13,16-17H,7-12,14-15H2,1-4H3,(H2,21,22,24);1H. The summed E-state index contributed by atoms with van der Waals surface area (Å²) in [5, 5.41) is 6.58.